The highest BCUT2D eigenvalue weighted by Crippen LogP contribution is 2.43. The van der Waals surface area contributed by atoms with Crippen LogP contribution in [0.15, 0.2) is 18.2 Å². The van der Waals surface area contributed by atoms with Crippen LogP contribution in [-0.4, -0.2) is 52.1 Å². The molecule has 1 aromatic rings. The summed E-state index contributed by atoms with van der Waals surface area (Å²) in [4.78, 5) is 12.3. The van der Waals surface area contributed by atoms with E-state index in [2.05, 4.69) is 11.4 Å². The van der Waals surface area contributed by atoms with E-state index in [1.165, 1.54) is 0 Å². The van der Waals surface area contributed by atoms with E-state index in [4.69, 9.17) is 15.2 Å². The molecule has 3 rings (SSSR count). The number of sulfone groups is 1. The molecule has 0 spiro atoms. The van der Waals surface area contributed by atoms with Gasteiger partial charge in [0.05, 0.1) is 11.8 Å². The molecule has 8 heteroatoms. The lowest BCUT2D eigenvalue weighted by molar-refractivity contribution is -0.122. The number of ether oxygens (including phenoxy) is 2. The van der Waals surface area contributed by atoms with Crippen molar-refractivity contribution in [1.82, 2.24) is 5.32 Å². The summed E-state index contributed by atoms with van der Waals surface area (Å²) in [5.41, 5.74) is 6.85. The van der Waals surface area contributed by atoms with E-state index in [0.29, 0.717) is 19.8 Å². The Bertz CT molecular complexity index is 787. The first-order chi connectivity index (χ1) is 12.8. The Morgan fingerprint density at radius 2 is 1.89 bits per heavy atom. The third kappa shape index (κ3) is 4.93. The molecule has 150 valence electrons. The highest BCUT2D eigenvalue weighted by Gasteiger charge is 2.37. The molecule has 1 atom stereocenters. The highest BCUT2D eigenvalue weighted by molar-refractivity contribution is 7.90. The van der Waals surface area contributed by atoms with Crippen molar-refractivity contribution in [2.75, 3.05) is 31.8 Å². The fourth-order valence-corrected chi connectivity index (χ4v) is 4.53. The highest BCUT2D eigenvalue weighted by atomic mass is 32.2. The van der Waals surface area contributed by atoms with Crippen molar-refractivity contribution >= 4 is 15.7 Å². The first-order valence-electron chi connectivity index (χ1n) is 9.40. The number of nitrogens with two attached hydrogens (primary N) is 1. The van der Waals surface area contributed by atoms with E-state index in [-0.39, 0.29) is 23.5 Å². The van der Waals surface area contributed by atoms with Gasteiger partial charge in [0.1, 0.15) is 23.1 Å². The van der Waals surface area contributed by atoms with Crippen LogP contribution in [0.25, 0.3) is 0 Å². The zero-order valence-corrected chi connectivity index (χ0v) is 16.5. The Morgan fingerprint density at radius 1 is 1.22 bits per heavy atom. The zero-order valence-electron chi connectivity index (χ0n) is 15.7. The van der Waals surface area contributed by atoms with Gasteiger partial charge in [-0.25, -0.2) is 8.42 Å². The maximum atomic E-state index is 12.3. The molecule has 1 aliphatic carbocycles. The first-order valence-corrected chi connectivity index (χ1v) is 11.5. The van der Waals surface area contributed by atoms with Crippen molar-refractivity contribution in [3.05, 3.63) is 23.8 Å². The van der Waals surface area contributed by atoms with Gasteiger partial charge in [-0.1, -0.05) is 18.9 Å². The van der Waals surface area contributed by atoms with Crippen LogP contribution in [0, 0.1) is 0 Å². The molecule has 0 saturated heterocycles. The smallest absolute Gasteiger partial charge is 0.236 e. The fraction of sp³-hybridized carbons (Fsp3) is 0.632. The number of nitrogens with one attached hydrogen (secondary N) is 1. The molecule has 0 aromatic heterocycles. The lowest BCUT2D eigenvalue weighted by Crippen LogP contribution is -2.46. The maximum absolute atomic E-state index is 12.3. The Labute approximate surface area is 160 Å². The summed E-state index contributed by atoms with van der Waals surface area (Å²) < 4.78 is 33.8. The number of fused-ring (bicyclic) bond motifs is 1. The minimum absolute atomic E-state index is 0.0884. The van der Waals surface area contributed by atoms with Crippen molar-refractivity contribution in [3.63, 3.8) is 0 Å². The van der Waals surface area contributed by atoms with E-state index >= 15 is 0 Å². The second-order valence-corrected chi connectivity index (χ2v) is 9.85. The number of benzene rings is 1. The summed E-state index contributed by atoms with van der Waals surface area (Å²) >= 11 is 0. The van der Waals surface area contributed by atoms with Crippen LogP contribution in [0.5, 0.6) is 11.5 Å². The van der Waals surface area contributed by atoms with Gasteiger partial charge in [0.2, 0.25) is 5.91 Å². The fourth-order valence-electron chi connectivity index (χ4n) is 3.85. The van der Waals surface area contributed by atoms with Crippen LogP contribution >= 0.6 is 0 Å². The average Bonchev–Trinajstić information content (AvgIpc) is 3.13. The maximum Gasteiger partial charge on any atom is 0.236 e. The molecule has 1 saturated carbocycles. The van der Waals surface area contributed by atoms with Crippen LogP contribution in [0.2, 0.25) is 0 Å². The van der Waals surface area contributed by atoms with Crippen molar-refractivity contribution in [3.8, 4) is 11.5 Å². The average molecular weight is 397 g/mol. The number of hydrogen-bond acceptors (Lipinski definition) is 6. The largest absolute Gasteiger partial charge is 0.486 e. The molecule has 1 fully saturated rings. The van der Waals surface area contributed by atoms with E-state index in [9.17, 15) is 13.2 Å². The lowest BCUT2D eigenvalue weighted by atomic mass is 9.78. The van der Waals surface area contributed by atoms with Gasteiger partial charge in [0.15, 0.2) is 11.5 Å². The molecular formula is C19H28N2O5S. The molecule has 2 aliphatic rings. The van der Waals surface area contributed by atoms with Crippen molar-refractivity contribution < 1.29 is 22.7 Å². The van der Waals surface area contributed by atoms with Crippen LogP contribution in [0.1, 0.15) is 37.7 Å². The van der Waals surface area contributed by atoms with Crippen molar-refractivity contribution in [2.24, 2.45) is 5.73 Å². The molecule has 0 bridgehead atoms. The van der Waals surface area contributed by atoms with Gasteiger partial charge in [-0.15, -0.1) is 0 Å². The SMILES string of the molecule is CS(=O)(=O)CCC(N)C(=O)NCC1(c2ccc3c(c2)OCCO3)CCCC1. The van der Waals surface area contributed by atoms with Gasteiger partial charge in [-0.05, 0) is 37.0 Å². The van der Waals surface area contributed by atoms with Crippen LogP contribution in [0.3, 0.4) is 0 Å². The molecule has 1 aliphatic heterocycles. The monoisotopic (exact) mass is 396 g/mol. The molecule has 1 unspecified atom stereocenters. The zero-order chi connectivity index (χ0) is 19.5. The van der Waals surface area contributed by atoms with Gasteiger partial charge in [-0.3, -0.25) is 4.79 Å². The number of amides is 1. The second kappa shape index (κ2) is 8.06. The van der Waals surface area contributed by atoms with Crippen molar-refractivity contribution in [1.29, 1.82) is 0 Å². The van der Waals surface area contributed by atoms with Crippen molar-refractivity contribution in [2.45, 2.75) is 43.6 Å². The molecule has 27 heavy (non-hydrogen) atoms. The van der Waals surface area contributed by atoms with Gasteiger partial charge >= 0.3 is 0 Å². The summed E-state index contributed by atoms with van der Waals surface area (Å²) in [5.74, 6) is 1.11. The molecule has 0 radical (unpaired) electrons. The predicted molar refractivity (Wildman–Crippen MR) is 103 cm³/mol. The summed E-state index contributed by atoms with van der Waals surface area (Å²) in [5, 5.41) is 2.95. The molecule has 1 heterocycles. The van der Waals surface area contributed by atoms with Gasteiger partial charge in [0.25, 0.3) is 0 Å². The Kier molecular flexibility index (Phi) is 5.95. The quantitative estimate of drug-likeness (QED) is 0.716. The summed E-state index contributed by atoms with van der Waals surface area (Å²) in [6, 6.07) is 5.19. The molecule has 1 amide bonds. The predicted octanol–water partition coefficient (Wildman–Crippen LogP) is 1.15. The van der Waals surface area contributed by atoms with Gasteiger partial charge in [-0.2, -0.15) is 0 Å². The number of rotatable bonds is 7. The van der Waals surface area contributed by atoms with Crippen LogP contribution < -0.4 is 20.5 Å². The third-order valence-electron chi connectivity index (χ3n) is 5.45. The molecule has 7 nitrogen and oxygen atoms in total. The van der Waals surface area contributed by atoms with Gasteiger partial charge < -0.3 is 20.5 Å². The molecular weight excluding hydrogens is 368 g/mol. The number of hydrogen-bond donors (Lipinski definition) is 2. The number of carbonyl (C=O) groups is 1. The summed E-state index contributed by atoms with van der Waals surface area (Å²) in [7, 11) is -3.13. The van der Waals surface area contributed by atoms with E-state index in [1.807, 2.05) is 12.1 Å². The van der Waals surface area contributed by atoms with E-state index in [0.717, 1.165) is 49.0 Å². The van der Waals surface area contributed by atoms with Crippen LogP contribution in [-0.2, 0) is 20.0 Å². The lowest BCUT2D eigenvalue weighted by Gasteiger charge is -2.31. The van der Waals surface area contributed by atoms with Crippen LogP contribution in [0.4, 0.5) is 0 Å². The normalized spacial score (nSPS) is 19.5. The third-order valence-corrected chi connectivity index (χ3v) is 6.43. The minimum Gasteiger partial charge on any atom is -0.486 e. The van der Waals surface area contributed by atoms with Gasteiger partial charge in [0, 0.05) is 18.2 Å². The Balaban J connectivity index is 1.68. The Hall–Kier alpha value is -1.80. The van der Waals surface area contributed by atoms with E-state index < -0.39 is 15.9 Å². The minimum atomic E-state index is -3.13. The molecule has 1 aromatic carbocycles. The first kappa shape index (κ1) is 19.9. The summed E-state index contributed by atoms with van der Waals surface area (Å²) in [6.07, 6.45) is 5.43. The second-order valence-electron chi connectivity index (χ2n) is 7.59. The standard InChI is InChI=1S/C19H28N2O5S/c1-27(23,24)11-6-15(20)18(22)21-13-19(7-2-3-8-19)14-4-5-16-17(12-14)26-10-9-25-16/h4-5,12,15H,2-3,6-11,13,20H2,1H3,(H,21,22). The van der Waals surface area contributed by atoms with E-state index in [1.54, 1.807) is 0 Å². The number of carbonyl (C=O) groups excluding carboxylic acids is 1. The summed E-state index contributed by atoms with van der Waals surface area (Å²) in [6.45, 7) is 1.58. The molecule has 3 N–H and O–H groups in total. The topological polar surface area (TPSA) is 108 Å². The Morgan fingerprint density at radius 3 is 2.56 bits per heavy atom.